The molecule has 1 amide bonds. The first-order valence-electron chi connectivity index (χ1n) is 9.12. The number of nitrogens with one attached hydrogen (secondary N) is 1. The number of ether oxygens (including phenoxy) is 1. The van der Waals surface area contributed by atoms with Gasteiger partial charge in [-0.05, 0) is 67.9 Å². The van der Waals surface area contributed by atoms with Crippen LogP contribution in [-0.2, 0) is 0 Å². The Hall–Kier alpha value is -3.05. The molecule has 0 bridgehead atoms. The van der Waals surface area contributed by atoms with Crippen LogP contribution < -0.4 is 15.0 Å². The molecule has 28 heavy (non-hydrogen) atoms. The zero-order valence-electron chi connectivity index (χ0n) is 15.6. The lowest BCUT2D eigenvalue weighted by atomic mass is 10.2. The van der Waals surface area contributed by atoms with Gasteiger partial charge in [0.2, 0.25) is 0 Å². The Bertz CT molecular complexity index is 1020. The highest BCUT2D eigenvalue weighted by atomic mass is 35.5. The molecule has 0 aliphatic carbocycles. The number of hydrogen-bond acceptors (Lipinski definition) is 4. The summed E-state index contributed by atoms with van der Waals surface area (Å²) in [4.78, 5) is 19.3. The minimum atomic E-state index is -0.457. The molecule has 1 aromatic heterocycles. The van der Waals surface area contributed by atoms with Crippen molar-refractivity contribution in [3.8, 4) is 5.75 Å². The minimum Gasteiger partial charge on any atom is -0.494 e. The number of hydrogen-bond donors (Lipinski definition) is 1. The fraction of sp³-hybridized carbons (Fsp3) is 0.182. The molecule has 1 aliphatic rings. The van der Waals surface area contributed by atoms with Crippen LogP contribution in [0.2, 0.25) is 5.02 Å². The zero-order valence-corrected chi connectivity index (χ0v) is 16.4. The van der Waals surface area contributed by atoms with Crippen molar-refractivity contribution in [1.29, 1.82) is 0 Å². The maximum Gasteiger partial charge on any atom is 0.262 e. The van der Waals surface area contributed by atoms with E-state index in [2.05, 4.69) is 10.3 Å². The molecule has 142 valence electrons. The maximum atomic E-state index is 13.1. The van der Waals surface area contributed by atoms with Gasteiger partial charge in [0, 0.05) is 11.9 Å². The molecule has 4 rings (SSSR count). The van der Waals surface area contributed by atoms with Gasteiger partial charge in [0.25, 0.3) is 5.91 Å². The Balaban J connectivity index is 1.74. The van der Waals surface area contributed by atoms with Gasteiger partial charge in [0.15, 0.2) is 6.17 Å². The maximum absolute atomic E-state index is 13.1. The second-order valence-electron chi connectivity index (χ2n) is 6.57. The molecule has 5 nitrogen and oxygen atoms in total. The van der Waals surface area contributed by atoms with E-state index in [0.29, 0.717) is 22.9 Å². The van der Waals surface area contributed by atoms with Gasteiger partial charge in [-0.1, -0.05) is 17.7 Å². The van der Waals surface area contributed by atoms with Crippen LogP contribution in [-0.4, -0.2) is 17.5 Å². The quantitative estimate of drug-likeness (QED) is 0.646. The Morgan fingerprint density at radius 1 is 1.18 bits per heavy atom. The third-order valence-corrected chi connectivity index (χ3v) is 4.96. The Kier molecular flexibility index (Phi) is 4.92. The van der Waals surface area contributed by atoms with Crippen LogP contribution in [0.3, 0.4) is 0 Å². The second-order valence-corrected chi connectivity index (χ2v) is 6.98. The molecule has 2 aromatic carbocycles. The molecule has 2 heterocycles. The molecule has 1 atom stereocenters. The highest BCUT2D eigenvalue weighted by molar-refractivity contribution is 6.33. The van der Waals surface area contributed by atoms with Gasteiger partial charge in [-0.2, -0.15) is 0 Å². The van der Waals surface area contributed by atoms with Crippen molar-refractivity contribution in [3.05, 3.63) is 82.6 Å². The molecule has 0 fully saturated rings. The Morgan fingerprint density at radius 2 is 1.96 bits per heavy atom. The normalized spacial score (nSPS) is 15.5. The summed E-state index contributed by atoms with van der Waals surface area (Å²) in [5, 5.41) is 3.99. The van der Waals surface area contributed by atoms with Crippen molar-refractivity contribution in [2.24, 2.45) is 0 Å². The first-order chi connectivity index (χ1) is 13.6. The number of pyridine rings is 1. The molecule has 6 heteroatoms. The van der Waals surface area contributed by atoms with Gasteiger partial charge in [0.05, 0.1) is 28.6 Å². The molecule has 1 N–H and O–H groups in total. The second kappa shape index (κ2) is 7.52. The number of nitrogens with zero attached hydrogens (tertiary/aromatic N) is 2. The lowest BCUT2D eigenvalue weighted by molar-refractivity contribution is 0.0993. The highest BCUT2D eigenvalue weighted by Gasteiger charge is 2.39. The van der Waals surface area contributed by atoms with Crippen LogP contribution in [0.15, 0.2) is 60.8 Å². The lowest BCUT2D eigenvalue weighted by Gasteiger charge is -2.27. The van der Waals surface area contributed by atoms with Gasteiger partial charge in [-0.3, -0.25) is 14.7 Å². The van der Waals surface area contributed by atoms with E-state index in [1.54, 1.807) is 23.2 Å². The monoisotopic (exact) mass is 393 g/mol. The molecule has 0 radical (unpaired) electrons. The zero-order chi connectivity index (χ0) is 19.7. The van der Waals surface area contributed by atoms with Crippen molar-refractivity contribution >= 4 is 28.9 Å². The number of carbonyl (C=O) groups excluding carboxylic acids is 1. The Labute approximate surface area is 168 Å². The first kappa shape index (κ1) is 18.3. The van der Waals surface area contributed by atoms with E-state index in [1.807, 2.05) is 56.3 Å². The van der Waals surface area contributed by atoms with Gasteiger partial charge >= 0.3 is 0 Å². The summed E-state index contributed by atoms with van der Waals surface area (Å²) in [5.41, 5.74) is 3.83. The van der Waals surface area contributed by atoms with Gasteiger partial charge < -0.3 is 10.1 Å². The summed E-state index contributed by atoms with van der Waals surface area (Å²) in [6.45, 7) is 4.51. The number of carbonyl (C=O) groups is 1. The van der Waals surface area contributed by atoms with E-state index >= 15 is 0 Å². The molecule has 1 aliphatic heterocycles. The Morgan fingerprint density at radius 3 is 2.68 bits per heavy atom. The predicted molar refractivity (Wildman–Crippen MR) is 111 cm³/mol. The topological polar surface area (TPSA) is 54.5 Å². The van der Waals surface area contributed by atoms with Crippen LogP contribution in [0, 0.1) is 6.92 Å². The standard InChI is InChI=1S/C22H20ClN3O2/c1-3-28-16-9-7-15(8-10-16)26-21(20-17(22(26)27)5-4-12-24-20)25-19-11-6-14(2)13-18(19)23/h4-13,21,25H,3H2,1-2H3/t21-/m1/s1. The number of fused-ring (bicyclic) bond motifs is 1. The summed E-state index contributed by atoms with van der Waals surface area (Å²) < 4.78 is 5.51. The SMILES string of the molecule is CCOc1ccc(N2C(=O)c3cccnc3[C@@H]2Nc2ccc(C)cc2Cl)cc1. The van der Waals surface area contributed by atoms with Crippen LogP contribution in [0.5, 0.6) is 5.75 Å². The molecule has 0 spiro atoms. The largest absolute Gasteiger partial charge is 0.494 e. The summed E-state index contributed by atoms with van der Waals surface area (Å²) >= 11 is 6.42. The van der Waals surface area contributed by atoms with Crippen LogP contribution in [0.1, 0.15) is 34.7 Å². The van der Waals surface area contributed by atoms with E-state index in [1.165, 1.54) is 0 Å². The summed E-state index contributed by atoms with van der Waals surface area (Å²) in [5.74, 6) is 0.660. The average Bonchev–Trinajstić information content (AvgIpc) is 2.97. The minimum absolute atomic E-state index is 0.104. The summed E-state index contributed by atoms with van der Waals surface area (Å²) in [7, 11) is 0. The number of anilines is 2. The van der Waals surface area contributed by atoms with Crippen molar-refractivity contribution in [2.45, 2.75) is 20.0 Å². The molecule has 0 unspecified atom stereocenters. The van der Waals surface area contributed by atoms with Crippen LogP contribution in [0.4, 0.5) is 11.4 Å². The number of amides is 1. The molecular formula is C22H20ClN3O2. The molecular weight excluding hydrogens is 374 g/mol. The highest BCUT2D eigenvalue weighted by Crippen LogP contribution is 2.38. The van der Waals surface area contributed by atoms with Crippen LogP contribution in [0.25, 0.3) is 0 Å². The average molecular weight is 394 g/mol. The lowest BCUT2D eigenvalue weighted by Crippen LogP contribution is -2.32. The van der Waals surface area contributed by atoms with E-state index in [0.717, 1.165) is 22.7 Å². The fourth-order valence-corrected chi connectivity index (χ4v) is 3.63. The third-order valence-electron chi connectivity index (χ3n) is 4.65. The number of aromatic nitrogens is 1. The molecule has 3 aromatic rings. The predicted octanol–water partition coefficient (Wildman–Crippen LogP) is 5.21. The van der Waals surface area contributed by atoms with Crippen molar-refractivity contribution < 1.29 is 9.53 Å². The van der Waals surface area contributed by atoms with Gasteiger partial charge in [-0.25, -0.2) is 0 Å². The van der Waals surface area contributed by atoms with Crippen molar-refractivity contribution in [1.82, 2.24) is 4.98 Å². The van der Waals surface area contributed by atoms with E-state index < -0.39 is 6.17 Å². The van der Waals surface area contributed by atoms with E-state index in [-0.39, 0.29) is 5.91 Å². The smallest absolute Gasteiger partial charge is 0.262 e. The van der Waals surface area contributed by atoms with Gasteiger partial charge in [-0.15, -0.1) is 0 Å². The van der Waals surface area contributed by atoms with Crippen LogP contribution >= 0.6 is 11.6 Å². The number of rotatable bonds is 5. The fourth-order valence-electron chi connectivity index (χ4n) is 3.34. The van der Waals surface area contributed by atoms with E-state index in [9.17, 15) is 4.79 Å². The first-order valence-corrected chi connectivity index (χ1v) is 9.50. The van der Waals surface area contributed by atoms with E-state index in [4.69, 9.17) is 16.3 Å². The number of benzene rings is 2. The van der Waals surface area contributed by atoms with Crippen molar-refractivity contribution in [2.75, 3.05) is 16.8 Å². The molecule has 0 saturated carbocycles. The summed E-state index contributed by atoms with van der Waals surface area (Å²) in [6, 6.07) is 16.8. The molecule has 0 saturated heterocycles. The third kappa shape index (κ3) is 3.29. The number of aryl methyl sites for hydroxylation is 1. The summed E-state index contributed by atoms with van der Waals surface area (Å²) in [6.07, 6.45) is 1.24. The van der Waals surface area contributed by atoms with Gasteiger partial charge in [0.1, 0.15) is 5.75 Å². The number of halogens is 1. The van der Waals surface area contributed by atoms with Crippen molar-refractivity contribution in [3.63, 3.8) is 0 Å².